The molecule has 0 bridgehead atoms. The second kappa shape index (κ2) is 5.64. The first-order valence-corrected chi connectivity index (χ1v) is 7.71. The van der Waals surface area contributed by atoms with Gasteiger partial charge in [-0.3, -0.25) is 4.79 Å². The maximum Gasteiger partial charge on any atom is 0.222 e. The summed E-state index contributed by atoms with van der Waals surface area (Å²) in [6, 6.07) is 0. The van der Waals surface area contributed by atoms with Gasteiger partial charge in [-0.1, -0.05) is 26.2 Å². The van der Waals surface area contributed by atoms with Gasteiger partial charge in [0.15, 0.2) is 0 Å². The molecule has 1 aliphatic heterocycles. The predicted octanol–water partition coefficient (Wildman–Crippen LogP) is 3.13. The largest absolute Gasteiger partial charge is 0.342 e. The molecule has 0 aromatic carbocycles. The molecule has 17 heavy (non-hydrogen) atoms. The smallest absolute Gasteiger partial charge is 0.222 e. The Morgan fingerprint density at radius 1 is 1.41 bits per heavy atom. The minimum atomic E-state index is 0.333. The first kappa shape index (κ1) is 13.3. The standard InChI is InChI=1S/C14H25NOS/c1-2-5-12-8-13(16)15(9-12)10-14(11-17)6-3-4-7-14/h12,17H,2-11H2,1H3. The van der Waals surface area contributed by atoms with E-state index in [1.807, 2.05) is 0 Å². The van der Waals surface area contributed by atoms with E-state index in [0.717, 1.165) is 25.3 Å². The maximum atomic E-state index is 12.0. The Hall–Kier alpha value is -0.180. The van der Waals surface area contributed by atoms with E-state index in [9.17, 15) is 4.79 Å². The van der Waals surface area contributed by atoms with E-state index in [-0.39, 0.29) is 0 Å². The monoisotopic (exact) mass is 255 g/mol. The van der Waals surface area contributed by atoms with Crippen molar-refractivity contribution in [2.24, 2.45) is 11.3 Å². The summed E-state index contributed by atoms with van der Waals surface area (Å²) >= 11 is 4.53. The summed E-state index contributed by atoms with van der Waals surface area (Å²) in [4.78, 5) is 14.1. The summed E-state index contributed by atoms with van der Waals surface area (Å²) in [6.07, 6.45) is 8.36. The molecule has 0 aromatic rings. The quantitative estimate of drug-likeness (QED) is 0.748. The first-order chi connectivity index (χ1) is 8.19. The van der Waals surface area contributed by atoms with Crippen LogP contribution in [0.2, 0.25) is 0 Å². The van der Waals surface area contributed by atoms with Crippen molar-refractivity contribution in [3.63, 3.8) is 0 Å². The minimum Gasteiger partial charge on any atom is -0.342 e. The molecule has 1 atom stereocenters. The first-order valence-electron chi connectivity index (χ1n) is 7.08. The maximum absolute atomic E-state index is 12.0. The fourth-order valence-corrected chi connectivity index (χ4v) is 3.92. The normalized spacial score (nSPS) is 28.0. The number of likely N-dealkylation sites (tertiary alicyclic amines) is 1. The molecule has 2 rings (SSSR count). The second-order valence-electron chi connectivity index (χ2n) is 6.00. The van der Waals surface area contributed by atoms with E-state index in [4.69, 9.17) is 0 Å². The van der Waals surface area contributed by atoms with Crippen molar-refractivity contribution in [3.05, 3.63) is 0 Å². The van der Waals surface area contributed by atoms with Crippen LogP contribution in [0.5, 0.6) is 0 Å². The number of carbonyl (C=O) groups excluding carboxylic acids is 1. The van der Waals surface area contributed by atoms with Gasteiger partial charge in [0.2, 0.25) is 5.91 Å². The van der Waals surface area contributed by atoms with Crippen LogP contribution in [-0.4, -0.2) is 29.6 Å². The van der Waals surface area contributed by atoms with Gasteiger partial charge in [-0.15, -0.1) is 0 Å². The molecule has 1 saturated heterocycles. The molecule has 1 aliphatic carbocycles. The molecule has 3 heteroatoms. The highest BCUT2D eigenvalue weighted by Crippen LogP contribution is 2.40. The molecule has 2 fully saturated rings. The SMILES string of the molecule is CCCC1CC(=O)N(CC2(CS)CCCC2)C1. The van der Waals surface area contributed by atoms with Crippen molar-refractivity contribution in [2.75, 3.05) is 18.8 Å². The molecule has 1 heterocycles. The zero-order chi connectivity index (χ0) is 12.3. The van der Waals surface area contributed by atoms with Crippen LogP contribution in [0.3, 0.4) is 0 Å². The number of rotatable bonds is 5. The van der Waals surface area contributed by atoms with E-state index in [1.54, 1.807) is 0 Å². The molecular formula is C14H25NOS. The van der Waals surface area contributed by atoms with E-state index in [2.05, 4.69) is 24.5 Å². The van der Waals surface area contributed by atoms with Gasteiger partial charge in [-0.2, -0.15) is 12.6 Å². The highest BCUT2D eigenvalue weighted by atomic mass is 32.1. The van der Waals surface area contributed by atoms with Crippen LogP contribution < -0.4 is 0 Å². The topological polar surface area (TPSA) is 20.3 Å². The summed E-state index contributed by atoms with van der Waals surface area (Å²) in [6.45, 7) is 4.18. The molecular weight excluding hydrogens is 230 g/mol. The Kier molecular flexibility index (Phi) is 4.40. The molecule has 0 radical (unpaired) electrons. The molecule has 0 N–H and O–H groups in total. The van der Waals surface area contributed by atoms with Crippen LogP contribution >= 0.6 is 12.6 Å². The molecule has 1 unspecified atom stereocenters. The van der Waals surface area contributed by atoms with Gasteiger partial charge in [0.25, 0.3) is 0 Å². The van der Waals surface area contributed by atoms with Gasteiger partial charge in [-0.05, 0) is 36.3 Å². The summed E-state index contributed by atoms with van der Waals surface area (Å²) in [7, 11) is 0. The fourth-order valence-electron chi connectivity index (χ4n) is 3.50. The molecule has 0 aromatic heterocycles. The lowest BCUT2D eigenvalue weighted by atomic mass is 9.88. The number of carbonyl (C=O) groups is 1. The molecule has 2 aliphatic rings. The summed E-state index contributed by atoms with van der Waals surface area (Å²) in [5, 5.41) is 0. The van der Waals surface area contributed by atoms with Crippen molar-refractivity contribution in [1.29, 1.82) is 0 Å². The predicted molar refractivity (Wildman–Crippen MR) is 74.3 cm³/mol. The lowest BCUT2D eigenvalue weighted by Gasteiger charge is -2.32. The van der Waals surface area contributed by atoms with E-state index >= 15 is 0 Å². The molecule has 98 valence electrons. The third kappa shape index (κ3) is 2.98. The van der Waals surface area contributed by atoms with Gasteiger partial charge in [0.1, 0.15) is 0 Å². The Morgan fingerprint density at radius 3 is 2.71 bits per heavy atom. The Morgan fingerprint density at radius 2 is 2.12 bits per heavy atom. The lowest BCUT2D eigenvalue weighted by molar-refractivity contribution is -0.128. The van der Waals surface area contributed by atoms with Crippen molar-refractivity contribution in [2.45, 2.75) is 51.9 Å². The van der Waals surface area contributed by atoms with Crippen LogP contribution in [0, 0.1) is 11.3 Å². The van der Waals surface area contributed by atoms with Crippen molar-refractivity contribution < 1.29 is 4.79 Å². The molecule has 1 amide bonds. The third-order valence-electron chi connectivity index (χ3n) is 4.52. The third-order valence-corrected chi connectivity index (χ3v) is 5.19. The zero-order valence-electron chi connectivity index (χ0n) is 11.0. The van der Waals surface area contributed by atoms with Crippen LogP contribution in [-0.2, 0) is 4.79 Å². The second-order valence-corrected chi connectivity index (χ2v) is 6.31. The number of hydrogen-bond donors (Lipinski definition) is 1. The summed E-state index contributed by atoms with van der Waals surface area (Å²) in [5.41, 5.74) is 0.333. The van der Waals surface area contributed by atoms with Crippen molar-refractivity contribution in [1.82, 2.24) is 4.90 Å². The van der Waals surface area contributed by atoms with Crippen LogP contribution in [0.15, 0.2) is 0 Å². The van der Waals surface area contributed by atoms with Crippen LogP contribution in [0.1, 0.15) is 51.9 Å². The number of nitrogens with zero attached hydrogens (tertiary/aromatic N) is 1. The highest BCUT2D eigenvalue weighted by Gasteiger charge is 2.38. The fraction of sp³-hybridized carbons (Fsp3) is 0.929. The Bertz CT molecular complexity index is 273. The molecule has 2 nitrogen and oxygen atoms in total. The van der Waals surface area contributed by atoms with Gasteiger partial charge in [0, 0.05) is 19.5 Å². The lowest BCUT2D eigenvalue weighted by Crippen LogP contribution is -2.38. The van der Waals surface area contributed by atoms with E-state index in [1.165, 1.54) is 38.5 Å². The zero-order valence-corrected chi connectivity index (χ0v) is 11.8. The van der Waals surface area contributed by atoms with Crippen molar-refractivity contribution >= 4 is 18.5 Å². The van der Waals surface area contributed by atoms with Crippen molar-refractivity contribution in [3.8, 4) is 0 Å². The van der Waals surface area contributed by atoms with E-state index in [0.29, 0.717) is 17.2 Å². The number of amides is 1. The van der Waals surface area contributed by atoms with Gasteiger partial charge >= 0.3 is 0 Å². The Labute approximate surface area is 111 Å². The minimum absolute atomic E-state index is 0.333. The van der Waals surface area contributed by atoms with Gasteiger partial charge in [-0.25, -0.2) is 0 Å². The summed E-state index contributed by atoms with van der Waals surface area (Å²) < 4.78 is 0. The average molecular weight is 255 g/mol. The summed E-state index contributed by atoms with van der Waals surface area (Å²) in [5.74, 6) is 1.94. The van der Waals surface area contributed by atoms with Crippen LogP contribution in [0.25, 0.3) is 0 Å². The molecule has 0 spiro atoms. The van der Waals surface area contributed by atoms with Crippen LogP contribution in [0.4, 0.5) is 0 Å². The van der Waals surface area contributed by atoms with Gasteiger partial charge < -0.3 is 4.90 Å². The van der Waals surface area contributed by atoms with E-state index < -0.39 is 0 Å². The average Bonchev–Trinajstić information content (AvgIpc) is 2.89. The Balaban J connectivity index is 1.92. The molecule has 1 saturated carbocycles. The number of thiol groups is 1. The van der Waals surface area contributed by atoms with Gasteiger partial charge in [0.05, 0.1) is 0 Å². The number of hydrogen-bond acceptors (Lipinski definition) is 2. The highest BCUT2D eigenvalue weighted by molar-refractivity contribution is 7.80.